The molecular weight excluding hydrogens is 430 g/mol. The lowest BCUT2D eigenvalue weighted by Crippen LogP contribution is -2.47. The molecule has 1 N–H and O–H groups in total. The van der Waals surface area contributed by atoms with E-state index in [1.807, 2.05) is 18.3 Å². The van der Waals surface area contributed by atoms with Crippen molar-refractivity contribution in [3.63, 3.8) is 0 Å². The van der Waals surface area contributed by atoms with E-state index in [0.29, 0.717) is 6.54 Å². The molecule has 164 valence electrons. The Kier molecular flexibility index (Phi) is 7.85. The van der Waals surface area contributed by atoms with Gasteiger partial charge in [0.05, 0.1) is 10.5 Å². The number of rotatable bonds is 8. The van der Waals surface area contributed by atoms with E-state index in [9.17, 15) is 8.78 Å². The second-order valence-electron chi connectivity index (χ2n) is 7.85. The minimum Gasteiger partial charge on any atom is -0.434 e. The Labute approximate surface area is 186 Å². The molecule has 1 fully saturated rings. The molecule has 1 saturated heterocycles. The maximum absolute atomic E-state index is 12.5. The molecule has 0 bridgehead atoms. The second kappa shape index (κ2) is 10.2. The van der Waals surface area contributed by atoms with Crippen LogP contribution in [0.25, 0.3) is 0 Å². The Balaban J connectivity index is 0.00000256. The lowest BCUT2D eigenvalue weighted by molar-refractivity contribution is -0.100. The summed E-state index contributed by atoms with van der Waals surface area (Å²) in [5.41, 5.74) is 0.965. The number of thiophene rings is 1. The Bertz CT molecular complexity index is 826. The van der Waals surface area contributed by atoms with Gasteiger partial charge in [0.25, 0.3) is 0 Å². The third kappa shape index (κ3) is 5.19. The molecule has 1 aliphatic carbocycles. The van der Waals surface area contributed by atoms with Crippen molar-refractivity contribution in [1.82, 2.24) is 10.3 Å². The second-order valence-corrected chi connectivity index (χ2v) is 8.85. The predicted octanol–water partition coefficient (Wildman–Crippen LogP) is 5.48. The number of hydrogen-bond acceptors (Lipinski definition) is 5. The zero-order chi connectivity index (χ0) is 20.2. The number of aromatic nitrogens is 1. The van der Waals surface area contributed by atoms with Crippen LogP contribution in [0.1, 0.15) is 42.7 Å². The predicted molar refractivity (Wildman–Crippen MR) is 117 cm³/mol. The van der Waals surface area contributed by atoms with Crippen molar-refractivity contribution in [3.8, 4) is 5.75 Å². The van der Waals surface area contributed by atoms with E-state index in [4.69, 9.17) is 9.72 Å². The van der Waals surface area contributed by atoms with Crippen LogP contribution in [0.15, 0.2) is 48.0 Å². The number of hydrogen-bond donors (Lipinski definition) is 1. The van der Waals surface area contributed by atoms with Gasteiger partial charge in [0.2, 0.25) is 0 Å². The third-order valence-electron chi connectivity index (χ3n) is 5.99. The minimum atomic E-state index is -2.80. The molecule has 0 amide bonds. The first-order chi connectivity index (χ1) is 14.1. The van der Waals surface area contributed by atoms with Crippen LogP contribution in [0, 0.1) is 0 Å². The monoisotopic (exact) mass is 456 g/mol. The highest BCUT2D eigenvalue weighted by molar-refractivity contribution is 7.10. The summed E-state index contributed by atoms with van der Waals surface area (Å²) in [6.45, 7) is -0.780. The summed E-state index contributed by atoms with van der Waals surface area (Å²) in [7, 11) is 0. The van der Waals surface area contributed by atoms with Gasteiger partial charge in [-0.1, -0.05) is 18.2 Å². The van der Waals surface area contributed by atoms with Crippen molar-refractivity contribution in [2.45, 2.75) is 56.3 Å². The Hall–Kier alpha value is -1.54. The van der Waals surface area contributed by atoms with Gasteiger partial charge in [-0.15, -0.1) is 23.7 Å². The Morgan fingerprint density at radius 3 is 2.80 bits per heavy atom. The van der Waals surface area contributed by atoms with Crippen LogP contribution in [-0.4, -0.2) is 30.3 Å². The van der Waals surface area contributed by atoms with Crippen LogP contribution in [0.4, 0.5) is 8.78 Å². The van der Waals surface area contributed by atoms with Crippen molar-refractivity contribution in [3.05, 3.63) is 58.6 Å². The van der Waals surface area contributed by atoms with Gasteiger partial charge in [0.1, 0.15) is 5.75 Å². The van der Waals surface area contributed by atoms with E-state index in [-0.39, 0.29) is 29.2 Å². The smallest absolute Gasteiger partial charge is 0.387 e. The van der Waals surface area contributed by atoms with Crippen LogP contribution < -0.4 is 10.1 Å². The third-order valence-corrected chi connectivity index (χ3v) is 6.89. The molecule has 1 atom stereocenters. The lowest BCUT2D eigenvalue weighted by atomic mass is 9.67. The Morgan fingerprint density at radius 2 is 2.07 bits per heavy atom. The molecule has 2 aromatic heterocycles. The standard InChI is InChI=1S/C22H26F2N2O2S.ClH/c23-20(24)28-17-6-14-29-18(17)15-25-12-9-21(19-5-1-4-11-26-19)10-13-27-22(16-21)7-2-3-8-22;/h1-6,11,14,20,25H,7-10,12-13,15-16H2;1H. The van der Waals surface area contributed by atoms with E-state index in [2.05, 4.69) is 28.3 Å². The summed E-state index contributed by atoms with van der Waals surface area (Å²) in [4.78, 5) is 5.49. The number of alkyl halides is 2. The van der Waals surface area contributed by atoms with E-state index >= 15 is 0 Å². The summed E-state index contributed by atoms with van der Waals surface area (Å²) >= 11 is 1.43. The molecule has 30 heavy (non-hydrogen) atoms. The number of nitrogens with one attached hydrogen (secondary N) is 1. The number of halogens is 3. The average Bonchev–Trinajstić information content (AvgIpc) is 3.35. The quantitative estimate of drug-likeness (QED) is 0.421. The van der Waals surface area contributed by atoms with Crippen molar-refractivity contribution in [1.29, 1.82) is 0 Å². The topological polar surface area (TPSA) is 43.4 Å². The fourth-order valence-electron chi connectivity index (χ4n) is 4.59. The molecular formula is C22H27ClF2N2O2S. The molecule has 4 nitrogen and oxygen atoms in total. The van der Waals surface area contributed by atoms with Gasteiger partial charge < -0.3 is 14.8 Å². The fourth-order valence-corrected chi connectivity index (χ4v) is 5.36. The first-order valence-corrected chi connectivity index (χ1v) is 10.9. The van der Waals surface area contributed by atoms with Crippen molar-refractivity contribution in [2.24, 2.45) is 0 Å². The van der Waals surface area contributed by atoms with Crippen LogP contribution in [0.2, 0.25) is 0 Å². The van der Waals surface area contributed by atoms with Gasteiger partial charge in [-0.2, -0.15) is 8.78 Å². The van der Waals surface area contributed by atoms with Gasteiger partial charge in [-0.3, -0.25) is 4.98 Å². The van der Waals surface area contributed by atoms with E-state index in [1.165, 1.54) is 11.3 Å². The van der Waals surface area contributed by atoms with Crippen LogP contribution in [0.5, 0.6) is 5.75 Å². The van der Waals surface area contributed by atoms with Crippen molar-refractivity contribution < 1.29 is 18.3 Å². The maximum Gasteiger partial charge on any atom is 0.387 e. The zero-order valence-corrected chi connectivity index (χ0v) is 18.3. The first-order valence-electron chi connectivity index (χ1n) is 10.0. The molecule has 0 radical (unpaired) electrons. The molecule has 2 aliphatic rings. The SMILES string of the molecule is Cl.FC(F)Oc1ccsc1CNCCC1(c2ccccn2)CCOC2(CC=CC2)C1. The first kappa shape index (κ1) is 23.1. The summed E-state index contributed by atoms with van der Waals surface area (Å²) < 4.78 is 35.9. The average molecular weight is 457 g/mol. The highest BCUT2D eigenvalue weighted by Gasteiger charge is 2.47. The number of nitrogens with zero attached hydrogens (tertiary/aromatic N) is 1. The summed E-state index contributed by atoms with van der Waals surface area (Å²) in [5.74, 6) is 0.263. The summed E-state index contributed by atoms with van der Waals surface area (Å²) in [5, 5.41) is 5.20. The fraction of sp³-hybridized carbons (Fsp3) is 0.500. The Morgan fingerprint density at radius 1 is 1.23 bits per heavy atom. The molecule has 3 heterocycles. The molecule has 0 saturated carbocycles. The van der Waals surface area contributed by atoms with Gasteiger partial charge in [0, 0.05) is 30.5 Å². The van der Waals surface area contributed by atoms with Crippen molar-refractivity contribution in [2.75, 3.05) is 13.2 Å². The highest BCUT2D eigenvalue weighted by atomic mass is 35.5. The number of ether oxygens (including phenoxy) is 2. The molecule has 8 heteroatoms. The van der Waals surface area contributed by atoms with Crippen LogP contribution >= 0.6 is 23.7 Å². The van der Waals surface area contributed by atoms with E-state index in [0.717, 1.165) is 55.8 Å². The van der Waals surface area contributed by atoms with Crippen LogP contribution in [0.3, 0.4) is 0 Å². The molecule has 1 unspecified atom stereocenters. The van der Waals surface area contributed by atoms with Crippen molar-refractivity contribution >= 4 is 23.7 Å². The van der Waals surface area contributed by atoms with Gasteiger partial charge in [-0.05, 0) is 62.2 Å². The minimum absolute atomic E-state index is 0. The summed E-state index contributed by atoms with van der Waals surface area (Å²) in [6.07, 6.45) is 11.0. The highest BCUT2D eigenvalue weighted by Crippen LogP contribution is 2.47. The molecule has 0 aromatic carbocycles. The molecule has 1 aliphatic heterocycles. The molecule has 4 rings (SSSR count). The summed E-state index contributed by atoms with van der Waals surface area (Å²) in [6, 6.07) is 7.71. The van der Waals surface area contributed by atoms with E-state index in [1.54, 1.807) is 11.4 Å². The molecule has 1 spiro atoms. The maximum atomic E-state index is 12.5. The normalized spacial score (nSPS) is 22.4. The largest absolute Gasteiger partial charge is 0.434 e. The van der Waals surface area contributed by atoms with E-state index < -0.39 is 6.61 Å². The zero-order valence-electron chi connectivity index (χ0n) is 16.7. The lowest BCUT2D eigenvalue weighted by Gasteiger charge is -2.46. The van der Waals surface area contributed by atoms with Crippen LogP contribution in [-0.2, 0) is 16.7 Å². The van der Waals surface area contributed by atoms with Gasteiger partial charge >= 0.3 is 6.61 Å². The molecule has 2 aromatic rings. The van der Waals surface area contributed by atoms with Gasteiger partial charge in [0.15, 0.2) is 0 Å². The number of pyridine rings is 1. The van der Waals surface area contributed by atoms with Gasteiger partial charge in [-0.25, -0.2) is 0 Å².